The Hall–Kier alpha value is -2.93. The summed E-state index contributed by atoms with van der Waals surface area (Å²) in [5, 5.41) is 20.2. The average molecular weight is 451 g/mol. The van der Waals surface area contributed by atoms with E-state index in [0.29, 0.717) is 24.6 Å². The van der Waals surface area contributed by atoms with E-state index in [2.05, 4.69) is 61.2 Å². The number of hydrogen-bond acceptors (Lipinski definition) is 5. The van der Waals surface area contributed by atoms with Crippen LogP contribution < -0.4 is 4.74 Å². The molecule has 7 heteroatoms. The van der Waals surface area contributed by atoms with Gasteiger partial charge in [-0.3, -0.25) is 9.69 Å². The first-order valence-electron chi connectivity index (χ1n) is 11.8. The zero-order valence-electron chi connectivity index (χ0n) is 19.9. The van der Waals surface area contributed by atoms with Crippen LogP contribution in [0, 0.1) is 5.41 Å². The fourth-order valence-electron chi connectivity index (χ4n) is 4.92. The Morgan fingerprint density at radius 2 is 1.85 bits per heavy atom. The van der Waals surface area contributed by atoms with Crippen molar-refractivity contribution in [3.8, 4) is 5.75 Å². The topological polar surface area (TPSA) is 80.5 Å². The molecule has 1 saturated carbocycles. The van der Waals surface area contributed by atoms with Crippen LogP contribution in [0.2, 0.25) is 0 Å². The molecule has 0 aliphatic heterocycles. The standard InChI is InChI=1S/C26H34N4O3/c1-18(2)29(4)19(3)24(30-14-13-27-28-30)22-8-7-21-16-23(10-9-20(21)15-22)33-17-26(25(31)32)11-5-6-12-26/h7-10,13-16,18-19,24H,5-6,11-12,17H2,1-4H3,(H,31,32). The Labute approximate surface area is 195 Å². The highest BCUT2D eigenvalue weighted by molar-refractivity contribution is 5.84. The summed E-state index contributed by atoms with van der Waals surface area (Å²) in [6, 6.07) is 13.1. The number of likely N-dealkylation sites (N-methyl/N-ethyl adjacent to an activating group) is 1. The number of fused-ring (bicyclic) bond motifs is 1. The van der Waals surface area contributed by atoms with Crippen LogP contribution in [-0.2, 0) is 4.79 Å². The molecule has 0 spiro atoms. The molecule has 0 radical (unpaired) electrons. The number of carbonyl (C=O) groups is 1. The number of ether oxygens (including phenoxy) is 1. The van der Waals surface area contributed by atoms with Gasteiger partial charge in [0, 0.05) is 18.3 Å². The van der Waals surface area contributed by atoms with Gasteiger partial charge in [0.1, 0.15) is 17.8 Å². The number of aromatic nitrogens is 3. The lowest BCUT2D eigenvalue weighted by Gasteiger charge is -2.34. The molecule has 33 heavy (non-hydrogen) atoms. The highest BCUT2D eigenvalue weighted by atomic mass is 16.5. The number of benzene rings is 2. The van der Waals surface area contributed by atoms with Crippen molar-refractivity contribution in [3.05, 3.63) is 54.4 Å². The number of carboxylic acid groups (broad SMARTS) is 1. The first-order chi connectivity index (χ1) is 15.8. The summed E-state index contributed by atoms with van der Waals surface area (Å²) in [5.74, 6) is -0.0337. The molecule has 0 saturated heterocycles. The molecule has 1 fully saturated rings. The molecule has 1 aliphatic rings. The van der Waals surface area contributed by atoms with Crippen molar-refractivity contribution in [2.75, 3.05) is 13.7 Å². The lowest BCUT2D eigenvalue weighted by molar-refractivity contribution is -0.150. The maximum atomic E-state index is 11.8. The van der Waals surface area contributed by atoms with Gasteiger partial charge in [0.05, 0.1) is 12.2 Å². The zero-order valence-corrected chi connectivity index (χ0v) is 19.9. The van der Waals surface area contributed by atoms with Crippen molar-refractivity contribution in [1.29, 1.82) is 0 Å². The van der Waals surface area contributed by atoms with E-state index in [-0.39, 0.29) is 18.7 Å². The van der Waals surface area contributed by atoms with Crippen LogP contribution in [0.4, 0.5) is 0 Å². The Morgan fingerprint density at radius 3 is 2.48 bits per heavy atom. The lowest BCUT2D eigenvalue weighted by atomic mass is 9.87. The highest BCUT2D eigenvalue weighted by Gasteiger charge is 2.42. The highest BCUT2D eigenvalue weighted by Crippen LogP contribution is 2.39. The van der Waals surface area contributed by atoms with Gasteiger partial charge in [-0.2, -0.15) is 0 Å². The zero-order chi connectivity index (χ0) is 23.6. The van der Waals surface area contributed by atoms with E-state index in [1.165, 1.54) is 0 Å². The first-order valence-corrected chi connectivity index (χ1v) is 11.8. The third-order valence-corrected chi connectivity index (χ3v) is 7.35. The largest absolute Gasteiger partial charge is 0.492 e. The van der Waals surface area contributed by atoms with Crippen LogP contribution in [-0.4, -0.2) is 56.7 Å². The normalized spacial score (nSPS) is 17.5. The molecular formula is C26H34N4O3. The summed E-state index contributed by atoms with van der Waals surface area (Å²) in [4.78, 5) is 14.1. The quantitative estimate of drug-likeness (QED) is 0.506. The van der Waals surface area contributed by atoms with Gasteiger partial charge in [-0.15, -0.1) is 5.10 Å². The third kappa shape index (κ3) is 4.74. The first kappa shape index (κ1) is 23.2. The van der Waals surface area contributed by atoms with E-state index in [0.717, 1.165) is 29.2 Å². The second-order valence-electron chi connectivity index (χ2n) is 9.68. The van der Waals surface area contributed by atoms with Gasteiger partial charge < -0.3 is 9.84 Å². The minimum atomic E-state index is -0.748. The fraction of sp³-hybridized carbons (Fsp3) is 0.500. The summed E-state index contributed by atoms with van der Waals surface area (Å²) >= 11 is 0. The molecule has 1 N–H and O–H groups in total. The molecule has 3 aromatic rings. The van der Waals surface area contributed by atoms with E-state index >= 15 is 0 Å². The maximum Gasteiger partial charge on any atom is 0.313 e. The van der Waals surface area contributed by atoms with Crippen LogP contribution in [0.1, 0.15) is 58.1 Å². The molecule has 1 aromatic heterocycles. The van der Waals surface area contributed by atoms with E-state index in [1.54, 1.807) is 6.20 Å². The van der Waals surface area contributed by atoms with E-state index in [1.807, 2.05) is 29.1 Å². The summed E-state index contributed by atoms with van der Waals surface area (Å²) in [6.07, 6.45) is 6.91. The molecular weight excluding hydrogens is 416 g/mol. The van der Waals surface area contributed by atoms with Crippen LogP contribution in [0.25, 0.3) is 10.8 Å². The molecule has 2 aromatic carbocycles. The summed E-state index contributed by atoms with van der Waals surface area (Å²) in [5.41, 5.74) is 0.417. The van der Waals surface area contributed by atoms with Crippen molar-refractivity contribution >= 4 is 16.7 Å². The molecule has 4 rings (SSSR count). The molecule has 2 unspecified atom stereocenters. The number of nitrogens with zero attached hydrogens (tertiary/aromatic N) is 4. The van der Waals surface area contributed by atoms with Gasteiger partial charge in [0.2, 0.25) is 0 Å². The van der Waals surface area contributed by atoms with Gasteiger partial charge in [0.15, 0.2) is 0 Å². The number of hydrogen-bond donors (Lipinski definition) is 1. The third-order valence-electron chi connectivity index (χ3n) is 7.35. The van der Waals surface area contributed by atoms with Crippen molar-refractivity contribution in [3.63, 3.8) is 0 Å². The van der Waals surface area contributed by atoms with E-state index < -0.39 is 11.4 Å². The number of carboxylic acids is 1. The predicted molar refractivity (Wildman–Crippen MR) is 129 cm³/mol. The summed E-state index contributed by atoms with van der Waals surface area (Å²) in [6.45, 7) is 6.82. The molecule has 176 valence electrons. The van der Waals surface area contributed by atoms with Crippen molar-refractivity contribution in [2.24, 2.45) is 5.41 Å². The predicted octanol–water partition coefficient (Wildman–Crippen LogP) is 4.77. The SMILES string of the molecule is CC(C)N(C)C(C)C(c1ccc2cc(OCC3(C(=O)O)CCCC3)ccc2c1)n1ccnn1. The summed E-state index contributed by atoms with van der Waals surface area (Å²) < 4.78 is 7.91. The minimum Gasteiger partial charge on any atom is -0.492 e. The Morgan fingerprint density at radius 1 is 1.15 bits per heavy atom. The summed E-state index contributed by atoms with van der Waals surface area (Å²) in [7, 11) is 2.14. The monoisotopic (exact) mass is 450 g/mol. The molecule has 1 aliphatic carbocycles. The van der Waals surface area contributed by atoms with Crippen molar-refractivity contribution < 1.29 is 14.6 Å². The van der Waals surface area contributed by atoms with Gasteiger partial charge in [-0.25, -0.2) is 4.68 Å². The maximum absolute atomic E-state index is 11.8. The Bertz CT molecular complexity index is 1090. The van der Waals surface area contributed by atoms with Crippen LogP contribution in [0.3, 0.4) is 0 Å². The average Bonchev–Trinajstić information content (AvgIpc) is 3.50. The van der Waals surface area contributed by atoms with Crippen LogP contribution >= 0.6 is 0 Å². The second-order valence-corrected chi connectivity index (χ2v) is 9.68. The van der Waals surface area contributed by atoms with Gasteiger partial charge in [-0.05, 0) is 75.2 Å². The van der Waals surface area contributed by atoms with Crippen molar-refractivity contribution in [1.82, 2.24) is 19.9 Å². The molecule has 1 heterocycles. The van der Waals surface area contributed by atoms with Gasteiger partial charge >= 0.3 is 5.97 Å². The van der Waals surface area contributed by atoms with Gasteiger partial charge in [-0.1, -0.05) is 36.3 Å². The molecule has 0 amide bonds. The van der Waals surface area contributed by atoms with Crippen LogP contribution in [0.5, 0.6) is 5.75 Å². The molecule has 7 nitrogen and oxygen atoms in total. The lowest BCUT2D eigenvalue weighted by Crippen LogP contribution is -2.41. The van der Waals surface area contributed by atoms with Crippen molar-refractivity contribution in [2.45, 2.75) is 64.6 Å². The second kappa shape index (κ2) is 9.51. The van der Waals surface area contributed by atoms with E-state index in [4.69, 9.17) is 4.74 Å². The molecule has 2 atom stereocenters. The fourth-order valence-corrected chi connectivity index (χ4v) is 4.92. The van der Waals surface area contributed by atoms with Crippen LogP contribution in [0.15, 0.2) is 48.8 Å². The van der Waals surface area contributed by atoms with Gasteiger partial charge in [0.25, 0.3) is 0 Å². The number of aliphatic carboxylic acids is 1. The Kier molecular flexibility index (Phi) is 6.70. The Balaban J connectivity index is 1.59. The smallest absolute Gasteiger partial charge is 0.313 e. The number of rotatable bonds is 9. The minimum absolute atomic E-state index is 0.0259. The van der Waals surface area contributed by atoms with E-state index in [9.17, 15) is 9.90 Å². The molecule has 0 bridgehead atoms.